The molecule has 0 saturated carbocycles. The normalized spacial score (nSPS) is 12.7. The predicted molar refractivity (Wildman–Crippen MR) is 73.7 cm³/mol. The predicted octanol–water partition coefficient (Wildman–Crippen LogP) is 2.53. The highest BCUT2D eigenvalue weighted by Crippen LogP contribution is 2.27. The second-order valence-corrected chi connectivity index (χ2v) is 4.48. The zero-order valence-electron chi connectivity index (χ0n) is 10.7. The molecular weight excluding hydrogens is 238 g/mol. The molecular formula is C15H15N3O. The Bertz CT molecular complexity index is 700. The molecule has 1 aromatic carbocycles. The van der Waals surface area contributed by atoms with Gasteiger partial charge in [-0.25, -0.2) is 0 Å². The van der Waals surface area contributed by atoms with Crippen molar-refractivity contribution in [3.8, 4) is 0 Å². The van der Waals surface area contributed by atoms with E-state index in [2.05, 4.69) is 10.1 Å². The number of aliphatic hydroxyl groups is 1. The Labute approximate surface area is 111 Å². The standard InChI is InChI=1S/C15H15N3O/c1-2-18-10-12(8-17-18)15(19)13-5-3-4-11-6-7-16-9-14(11)13/h3-10,15,19H,2H2,1H3. The number of hydrogen-bond acceptors (Lipinski definition) is 3. The summed E-state index contributed by atoms with van der Waals surface area (Å²) >= 11 is 0. The molecule has 0 fully saturated rings. The summed E-state index contributed by atoms with van der Waals surface area (Å²) in [5, 5.41) is 16.8. The molecule has 0 amide bonds. The van der Waals surface area contributed by atoms with Crippen molar-refractivity contribution >= 4 is 10.8 Å². The minimum Gasteiger partial charge on any atom is -0.384 e. The number of aromatic nitrogens is 3. The number of benzene rings is 1. The molecule has 0 saturated heterocycles. The zero-order chi connectivity index (χ0) is 13.2. The highest BCUT2D eigenvalue weighted by molar-refractivity contribution is 5.85. The summed E-state index contributed by atoms with van der Waals surface area (Å²) in [4.78, 5) is 4.14. The molecule has 19 heavy (non-hydrogen) atoms. The van der Waals surface area contributed by atoms with Crippen molar-refractivity contribution in [1.82, 2.24) is 14.8 Å². The van der Waals surface area contributed by atoms with Crippen LogP contribution < -0.4 is 0 Å². The summed E-state index contributed by atoms with van der Waals surface area (Å²) in [6.45, 7) is 2.81. The van der Waals surface area contributed by atoms with E-state index in [1.807, 2.05) is 42.1 Å². The lowest BCUT2D eigenvalue weighted by atomic mass is 9.99. The lowest BCUT2D eigenvalue weighted by Crippen LogP contribution is -2.00. The van der Waals surface area contributed by atoms with Gasteiger partial charge in [-0.05, 0) is 23.9 Å². The summed E-state index contributed by atoms with van der Waals surface area (Å²) in [7, 11) is 0. The second kappa shape index (κ2) is 4.82. The van der Waals surface area contributed by atoms with Gasteiger partial charge in [0.15, 0.2) is 0 Å². The van der Waals surface area contributed by atoms with Crippen LogP contribution in [0.3, 0.4) is 0 Å². The fourth-order valence-electron chi connectivity index (χ4n) is 2.25. The second-order valence-electron chi connectivity index (χ2n) is 4.48. The Hall–Kier alpha value is -2.20. The number of fused-ring (bicyclic) bond motifs is 1. The fourth-order valence-corrected chi connectivity index (χ4v) is 2.25. The first-order chi connectivity index (χ1) is 9.29. The van der Waals surface area contributed by atoms with Gasteiger partial charge in [0, 0.05) is 36.1 Å². The molecule has 1 atom stereocenters. The summed E-state index contributed by atoms with van der Waals surface area (Å²) in [5.74, 6) is 0. The van der Waals surface area contributed by atoms with Crippen LogP contribution in [0.5, 0.6) is 0 Å². The Kier molecular flexibility index (Phi) is 3.01. The van der Waals surface area contributed by atoms with E-state index in [1.165, 1.54) is 0 Å². The first-order valence-electron chi connectivity index (χ1n) is 6.32. The minimum atomic E-state index is -0.673. The molecule has 0 aliphatic rings. The van der Waals surface area contributed by atoms with Crippen LogP contribution in [-0.2, 0) is 6.54 Å². The van der Waals surface area contributed by atoms with Gasteiger partial charge in [0.05, 0.1) is 6.20 Å². The van der Waals surface area contributed by atoms with E-state index in [-0.39, 0.29) is 0 Å². The molecule has 4 heteroatoms. The molecule has 4 nitrogen and oxygen atoms in total. The van der Waals surface area contributed by atoms with Crippen LogP contribution in [0.4, 0.5) is 0 Å². The first-order valence-corrected chi connectivity index (χ1v) is 6.32. The van der Waals surface area contributed by atoms with E-state index in [9.17, 15) is 5.11 Å². The van der Waals surface area contributed by atoms with Gasteiger partial charge in [0.1, 0.15) is 6.10 Å². The molecule has 2 aromatic heterocycles. The number of rotatable bonds is 3. The minimum absolute atomic E-state index is 0.673. The van der Waals surface area contributed by atoms with Gasteiger partial charge in [0.25, 0.3) is 0 Å². The lowest BCUT2D eigenvalue weighted by Gasteiger charge is -2.11. The van der Waals surface area contributed by atoms with Crippen molar-refractivity contribution in [3.63, 3.8) is 0 Å². The van der Waals surface area contributed by atoms with E-state index in [1.54, 1.807) is 18.6 Å². The van der Waals surface area contributed by atoms with Crippen molar-refractivity contribution in [2.45, 2.75) is 19.6 Å². The van der Waals surface area contributed by atoms with E-state index in [4.69, 9.17) is 0 Å². The topological polar surface area (TPSA) is 50.9 Å². The van der Waals surface area contributed by atoms with E-state index < -0.39 is 6.10 Å². The Morgan fingerprint density at radius 2 is 2.16 bits per heavy atom. The van der Waals surface area contributed by atoms with Crippen LogP contribution in [0.25, 0.3) is 10.8 Å². The van der Waals surface area contributed by atoms with Crippen molar-refractivity contribution < 1.29 is 5.11 Å². The number of nitrogens with zero attached hydrogens (tertiary/aromatic N) is 3. The van der Waals surface area contributed by atoms with Gasteiger partial charge in [-0.1, -0.05) is 18.2 Å². The van der Waals surface area contributed by atoms with Crippen LogP contribution in [0.2, 0.25) is 0 Å². The number of aliphatic hydroxyl groups excluding tert-OH is 1. The fraction of sp³-hybridized carbons (Fsp3) is 0.200. The summed E-state index contributed by atoms with van der Waals surface area (Å²) < 4.78 is 1.81. The molecule has 0 aliphatic heterocycles. The molecule has 0 spiro atoms. The largest absolute Gasteiger partial charge is 0.384 e. The maximum Gasteiger partial charge on any atom is 0.108 e. The molecule has 0 bridgehead atoms. The molecule has 0 aliphatic carbocycles. The molecule has 3 rings (SSSR count). The van der Waals surface area contributed by atoms with Crippen molar-refractivity contribution in [3.05, 3.63) is 60.2 Å². The van der Waals surface area contributed by atoms with Crippen molar-refractivity contribution in [1.29, 1.82) is 0 Å². The maximum atomic E-state index is 10.5. The van der Waals surface area contributed by atoms with Gasteiger partial charge in [-0.3, -0.25) is 9.67 Å². The van der Waals surface area contributed by atoms with E-state index >= 15 is 0 Å². The molecule has 0 radical (unpaired) electrons. The quantitative estimate of drug-likeness (QED) is 0.780. The van der Waals surface area contributed by atoms with Crippen LogP contribution in [0.15, 0.2) is 49.1 Å². The number of pyridine rings is 1. The summed E-state index contributed by atoms with van der Waals surface area (Å²) in [6, 6.07) is 7.84. The van der Waals surface area contributed by atoms with Crippen molar-refractivity contribution in [2.75, 3.05) is 0 Å². The Balaban J connectivity index is 2.08. The Morgan fingerprint density at radius 1 is 1.26 bits per heavy atom. The van der Waals surface area contributed by atoms with E-state index in [0.717, 1.165) is 28.4 Å². The molecule has 3 aromatic rings. The van der Waals surface area contributed by atoms with Crippen molar-refractivity contribution in [2.24, 2.45) is 0 Å². The third-order valence-electron chi connectivity index (χ3n) is 3.30. The van der Waals surface area contributed by atoms with Gasteiger partial charge >= 0.3 is 0 Å². The molecule has 1 unspecified atom stereocenters. The zero-order valence-corrected chi connectivity index (χ0v) is 10.7. The first kappa shape index (κ1) is 11.9. The van der Waals surface area contributed by atoms with Gasteiger partial charge in [-0.2, -0.15) is 5.10 Å². The van der Waals surface area contributed by atoms with Crippen LogP contribution >= 0.6 is 0 Å². The van der Waals surface area contributed by atoms with Crippen LogP contribution in [0.1, 0.15) is 24.2 Å². The van der Waals surface area contributed by atoms with Gasteiger partial charge in [0.2, 0.25) is 0 Å². The Morgan fingerprint density at radius 3 is 2.95 bits per heavy atom. The summed E-state index contributed by atoms with van der Waals surface area (Å²) in [6.07, 6.45) is 6.46. The molecule has 2 heterocycles. The smallest absolute Gasteiger partial charge is 0.108 e. The average molecular weight is 253 g/mol. The average Bonchev–Trinajstić information content (AvgIpc) is 2.95. The maximum absolute atomic E-state index is 10.5. The number of hydrogen-bond donors (Lipinski definition) is 1. The van der Waals surface area contributed by atoms with Crippen LogP contribution in [0, 0.1) is 0 Å². The summed E-state index contributed by atoms with van der Waals surface area (Å²) in [5.41, 5.74) is 1.67. The van der Waals surface area contributed by atoms with Gasteiger partial charge < -0.3 is 5.11 Å². The highest BCUT2D eigenvalue weighted by atomic mass is 16.3. The number of aryl methyl sites for hydroxylation is 1. The lowest BCUT2D eigenvalue weighted by molar-refractivity contribution is 0.221. The van der Waals surface area contributed by atoms with Crippen LogP contribution in [-0.4, -0.2) is 19.9 Å². The third-order valence-corrected chi connectivity index (χ3v) is 3.30. The van der Waals surface area contributed by atoms with Gasteiger partial charge in [-0.15, -0.1) is 0 Å². The highest BCUT2D eigenvalue weighted by Gasteiger charge is 2.15. The monoisotopic (exact) mass is 253 g/mol. The van der Waals surface area contributed by atoms with E-state index in [0.29, 0.717) is 0 Å². The molecule has 96 valence electrons. The molecule has 1 N–H and O–H groups in total. The SMILES string of the molecule is CCn1cc(C(O)c2cccc3ccncc23)cn1. The third kappa shape index (κ3) is 2.11.